The fourth-order valence-electron chi connectivity index (χ4n) is 5.32. The Morgan fingerprint density at radius 3 is 2.11 bits per heavy atom. The lowest BCUT2D eigenvalue weighted by Gasteiger charge is -2.43. The Balaban J connectivity index is 1.37. The average molecular weight is 495 g/mol. The molecule has 0 amide bonds. The third-order valence-corrected chi connectivity index (χ3v) is 12.3. The van der Waals surface area contributed by atoms with Gasteiger partial charge < -0.3 is 19.0 Å². The van der Waals surface area contributed by atoms with Crippen molar-refractivity contribution in [3.8, 4) is 0 Å². The summed E-state index contributed by atoms with van der Waals surface area (Å²) in [6.45, 7) is 8.37. The van der Waals surface area contributed by atoms with Crippen molar-refractivity contribution >= 4 is 18.7 Å². The van der Waals surface area contributed by atoms with Gasteiger partial charge in [-0.1, -0.05) is 93.6 Å². The van der Waals surface area contributed by atoms with Gasteiger partial charge in [-0.2, -0.15) is 0 Å². The lowest BCUT2D eigenvalue weighted by molar-refractivity contribution is -0.0486. The van der Waals surface area contributed by atoms with Crippen molar-refractivity contribution in [3.05, 3.63) is 72.8 Å². The first-order valence-electron chi connectivity index (χ1n) is 13.3. The molecule has 0 radical (unpaired) electrons. The molecule has 4 nitrogen and oxygen atoms in total. The molecule has 5 heteroatoms. The Bertz CT molecular complexity index is 881. The first kappa shape index (κ1) is 26.3. The molecule has 2 saturated heterocycles. The number of benzene rings is 2. The predicted molar refractivity (Wildman–Crippen MR) is 145 cm³/mol. The lowest BCUT2D eigenvalue weighted by Crippen LogP contribution is -2.67. The van der Waals surface area contributed by atoms with E-state index in [0.717, 1.165) is 45.1 Å². The average Bonchev–Trinajstić information content (AvgIpc) is 3.56. The van der Waals surface area contributed by atoms with Crippen molar-refractivity contribution in [1.29, 1.82) is 0 Å². The summed E-state index contributed by atoms with van der Waals surface area (Å²) in [7, 11) is -2.56. The number of hydrogen-bond acceptors (Lipinski definition) is 4. The number of aliphatic hydroxyl groups is 1. The van der Waals surface area contributed by atoms with Crippen LogP contribution in [-0.2, 0) is 13.9 Å². The number of allylic oxidation sites excluding steroid dienone is 2. The van der Waals surface area contributed by atoms with Gasteiger partial charge in [-0.15, -0.1) is 0 Å². The lowest BCUT2D eigenvalue weighted by atomic mass is 10.0. The second-order valence-electron chi connectivity index (χ2n) is 11.0. The van der Waals surface area contributed by atoms with Crippen LogP contribution in [0.15, 0.2) is 72.8 Å². The third kappa shape index (κ3) is 6.72. The molecule has 0 unspecified atom stereocenters. The smallest absolute Gasteiger partial charge is 0.261 e. The zero-order chi connectivity index (χ0) is 24.7. The van der Waals surface area contributed by atoms with E-state index in [9.17, 15) is 5.11 Å². The van der Waals surface area contributed by atoms with Crippen LogP contribution < -0.4 is 10.4 Å². The van der Waals surface area contributed by atoms with E-state index in [0.29, 0.717) is 12.7 Å². The maximum atomic E-state index is 10.7. The molecule has 2 heterocycles. The minimum atomic E-state index is -2.56. The van der Waals surface area contributed by atoms with Crippen LogP contribution in [0.4, 0.5) is 0 Å². The molecule has 1 N–H and O–H groups in total. The van der Waals surface area contributed by atoms with Crippen LogP contribution in [0.25, 0.3) is 0 Å². The van der Waals surface area contributed by atoms with Crippen LogP contribution in [0.2, 0.25) is 5.04 Å². The van der Waals surface area contributed by atoms with Crippen molar-refractivity contribution < 1.29 is 19.0 Å². The molecule has 2 aromatic rings. The maximum absolute atomic E-state index is 10.7. The van der Waals surface area contributed by atoms with Gasteiger partial charge in [0.1, 0.15) is 0 Å². The van der Waals surface area contributed by atoms with Gasteiger partial charge in [-0.25, -0.2) is 0 Å². The van der Waals surface area contributed by atoms with Crippen LogP contribution >= 0.6 is 0 Å². The molecule has 0 saturated carbocycles. The summed E-state index contributed by atoms with van der Waals surface area (Å²) in [4.78, 5) is 0. The molecule has 190 valence electrons. The zero-order valence-electron chi connectivity index (χ0n) is 21.6. The van der Waals surface area contributed by atoms with E-state index in [1.807, 2.05) is 0 Å². The van der Waals surface area contributed by atoms with E-state index < -0.39 is 14.4 Å². The molecule has 2 aromatic carbocycles. The molecule has 2 aliphatic rings. The van der Waals surface area contributed by atoms with E-state index >= 15 is 0 Å². The first-order chi connectivity index (χ1) is 16.9. The second-order valence-corrected chi connectivity index (χ2v) is 15.3. The quantitative estimate of drug-likeness (QED) is 0.257. The zero-order valence-corrected chi connectivity index (χ0v) is 22.6. The Morgan fingerprint density at radius 2 is 1.54 bits per heavy atom. The Kier molecular flexibility index (Phi) is 9.00. The van der Waals surface area contributed by atoms with Gasteiger partial charge in [0.15, 0.2) is 0 Å². The number of aliphatic hydroxyl groups excluding tert-OH is 1. The van der Waals surface area contributed by atoms with Crippen molar-refractivity contribution in [2.75, 3.05) is 13.2 Å². The van der Waals surface area contributed by atoms with Gasteiger partial charge in [-0.05, 0) is 53.9 Å². The Morgan fingerprint density at radius 1 is 0.943 bits per heavy atom. The summed E-state index contributed by atoms with van der Waals surface area (Å²) in [6.07, 6.45) is 9.98. The molecule has 35 heavy (non-hydrogen) atoms. The summed E-state index contributed by atoms with van der Waals surface area (Å²) >= 11 is 0. The van der Waals surface area contributed by atoms with E-state index in [-0.39, 0.29) is 17.2 Å². The summed E-state index contributed by atoms with van der Waals surface area (Å²) < 4.78 is 18.6. The predicted octanol–water partition coefficient (Wildman–Crippen LogP) is 4.99. The number of rotatable bonds is 12. The van der Waals surface area contributed by atoms with E-state index in [4.69, 9.17) is 13.9 Å². The van der Waals surface area contributed by atoms with E-state index in [1.54, 1.807) is 0 Å². The summed E-state index contributed by atoms with van der Waals surface area (Å²) in [5, 5.41) is 13.2. The highest BCUT2D eigenvalue weighted by Gasteiger charge is 2.50. The van der Waals surface area contributed by atoms with Crippen molar-refractivity contribution in [2.24, 2.45) is 0 Å². The highest BCUT2D eigenvalue weighted by atomic mass is 28.4. The van der Waals surface area contributed by atoms with E-state index in [1.165, 1.54) is 10.4 Å². The molecule has 4 atom stereocenters. The van der Waals surface area contributed by atoms with Crippen LogP contribution in [0.3, 0.4) is 0 Å². The molecule has 2 fully saturated rings. The van der Waals surface area contributed by atoms with Crippen molar-refractivity contribution in [1.82, 2.24) is 0 Å². The van der Waals surface area contributed by atoms with Gasteiger partial charge in [0.05, 0.1) is 37.6 Å². The Hall–Kier alpha value is -1.76. The molecule has 0 aliphatic carbocycles. The highest BCUT2D eigenvalue weighted by molar-refractivity contribution is 6.99. The fraction of sp³-hybridized carbons (Fsp3) is 0.533. The van der Waals surface area contributed by atoms with Crippen molar-refractivity contribution in [3.63, 3.8) is 0 Å². The fourth-order valence-corrected chi connectivity index (χ4v) is 9.92. The number of ether oxygens (including phenoxy) is 2. The van der Waals surface area contributed by atoms with Gasteiger partial charge in [0.2, 0.25) is 0 Å². The van der Waals surface area contributed by atoms with Gasteiger partial charge in [0, 0.05) is 0 Å². The molecule has 0 bridgehead atoms. The van der Waals surface area contributed by atoms with Crippen LogP contribution in [-0.4, -0.2) is 51.1 Å². The van der Waals surface area contributed by atoms with Gasteiger partial charge >= 0.3 is 0 Å². The second kappa shape index (κ2) is 12.0. The van der Waals surface area contributed by atoms with Crippen molar-refractivity contribution in [2.45, 2.75) is 88.8 Å². The van der Waals surface area contributed by atoms with Crippen LogP contribution in [0.1, 0.15) is 59.3 Å². The summed E-state index contributed by atoms with van der Waals surface area (Å²) in [5.41, 5.74) is 0. The number of hydrogen-bond donors (Lipinski definition) is 1. The van der Waals surface area contributed by atoms with Crippen LogP contribution in [0.5, 0.6) is 0 Å². The normalized spacial score (nSPS) is 23.6. The minimum Gasteiger partial charge on any atom is -0.405 e. The largest absolute Gasteiger partial charge is 0.405 e. The summed E-state index contributed by atoms with van der Waals surface area (Å²) in [6, 6.07) is 21.5. The Labute approximate surface area is 212 Å². The molecular formula is C30H42O4Si. The molecule has 0 aromatic heterocycles. The first-order valence-corrected chi connectivity index (χ1v) is 15.2. The topological polar surface area (TPSA) is 51.2 Å². The summed E-state index contributed by atoms with van der Waals surface area (Å²) in [5.74, 6) is 0. The number of epoxide rings is 1. The SMILES string of the molecule is CC(C)(C)[Si](OC[C@@H]1CC[C@@H]([C@H](O)CC/C=C\CC[C@@H]2CO2)O1)(c1ccccc1)c1ccccc1. The van der Waals surface area contributed by atoms with E-state index in [2.05, 4.69) is 93.6 Å². The maximum Gasteiger partial charge on any atom is 0.261 e. The standard InChI is InChI=1S/C30H42O4Si/c1-30(2,3)35(26-15-9-6-10-16-26,27-17-11-7-12-18-27)33-23-25-20-21-29(34-25)28(31)19-13-5-4-8-14-24-22-32-24/h4-7,9-12,15-18,24-25,28-29,31H,8,13-14,19-23H2,1-3H3/b5-4-/t24-,25+,28-,29+/m1/s1. The van der Waals surface area contributed by atoms with Crippen LogP contribution in [0, 0.1) is 0 Å². The monoisotopic (exact) mass is 494 g/mol. The molecular weight excluding hydrogens is 452 g/mol. The molecule has 2 aliphatic heterocycles. The third-order valence-electron chi connectivity index (χ3n) is 7.33. The van der Waals surface area contributed by atoms with Gasteiger partial charge in [-0.3, -0.25) is 0 Å². The molecule has 4 rings (SSSR count). The highest BCUT2D eigenvalue weighted by Crippen LogP contribution is 2.37. The van der Waals surface area contributed by atoms with Gasteiger partial charge in [0.25, 0.3) is 8.32 Å². The molecule has 0 spiro atoms. The minimum absolute atomic E-state index is 0.0189.